The van der Waals surface area contributed by atoms with E-state index in [4.69, 9.17) is 5.11 Å². The Bertz CT molecular complexity index is 419. The fraction of sp³-hybridized carbons (Fsp3) is 0.364. The van der Waals surface area contributed by atoms with Gasteiger partial charge in [-0.25, -0.2) is 0 Å². The molecular weight excluding hydrogens is 258 g/mol. The minimum absolute atomic E-state index is 0.0133. The van der Waals surface area contributed by atoms with Crippen LogP contribution in [0.15, 0.2) is 22.7 Å². The predicted octanol–water partition coefficient (Wildman–Crippen LogP) is 2.04. The van der Waals surface area contributed by atoms with E-state index in [-0.39, 0.29) is 12.5 Å². The molecule has 1 atom stereocenters. The first-order valence-corrected chi connectivity index (χ1v) is 5.59. The Morgan fingerprint density at radius 3 is 2.93 bits per heavy atom. The fourth-order valence-electron chi connectivity index (χ4n) is 1.96. The maximum atomic E-state index is 11.8. The summed E-state index contributed by atoms with van der Waals surface area (Å²) in [5.41, 5.74) is 1.21. The van der Waals surface area contributed by atoms with Crippen LogP contribution in [0.4, 0.5) is 5.69 Å². The zero-order valence-electron chi connectivity index (χ0n) is 8.38. The van der Waals surface area contributed by atoms with E-state index in [2.05, 4.69) is 21.2 Å². The number of carbonyl (C=O) groups excluding carboxylic acids is 1. The molecule has 1 aliphatic heterocycles. The number of fused-ring (bicyclic) bond motifs is 1. The molecule has 0 spiro atoms. The van der Waals surface area contributed by atoms with E-state index in [1.54, 1.807) is 0 Å². The predicted molar refractivity (Wildman–Crippen MR) is 61.8 cm³/mol. The second-order valence-corrected chi connectivity index (χ2v) is 4.87. The highest BCUT2D eigenvalue weighted by Gasteiger charge is 2.41. The molecule has 0 fully saturated rings. The second-order valence-electron chi connectivity index (χ2n) is 3.95. The highest BCUT2D eigenvalue weighted by molar-refractivity contribution is 9.10. The molecule has 1 aliphatic rings. The zero-order chi connectivity index (χ0) is 11.1. The van der Waals surface area contributed by atoms with Crippen LogP contribution in [0.25, 0.3) is 0 Å². The van der Waals surface area contributed by atoms with E-state index in [9.17, 15) is 4.79 Å². The SMILES string of the molecule is CC1(CCO)C(=O)Nc2cc(Br)ccc21. The lowest BCUT2D eigenvalue weighted by Gasteiger charge is -2.20. The number of halogens is 1. The lowest BCUT2D eigenvalue weighted by molar-refractivity contribution is -0.120. The second kappa shape index (κ2) is 3.61. The summed E-state index contributed by atoms with van der Waals surface area (Å²) in [6.07, 6.45) is 0.452. The molecule has 1 heterocycles. The first kappa shape index (κ1) is 10.6. The molecule has 1 aromatic carbocycles. The van der Waals surface area contributed by atoms with Gasteiger partial charge in [-0.1, -0.05) is 22.0 Å². The maximum Gasteiger partial charge on any atom is 0.234 e. The van der Waals surface area contributed by atoms with Crippen LogP contribution in [0.2, 0.25) is 0 Å². The molecule has 0 saturated carbocycles. The van der Waals surface area contributed by atoms with Crippen LogP contribution in [0.1, 0.15) is 18.9 Å². The van der Waals surface area contributed by atoms with Gasteiger partial charge in [0.15, 0.2) is 0 Å². The Balaban J connectivity index is 2.50. The normalized spacial score (nSPS) is 23.8. The number of amides is 1. The molecule has 80 valence electrons. The van der Waals surface area contributed by atoms with Crippen molar-refractivity contribution in [3.63, 3.8) is 0 Å². The van der Waals surface area contributed by atoms with Crippen LogP contribution in [0.3, 0.4) is 0 Å². The third-order valence-electron chi connectivity index (χ3n) is 2.94. The molecule has 0 radical (unpaired) electrons. The third-order valence-corrected chi connectivity index (χ3v) is 3.43. The summed E-state index contributed by atoms with van der Waals surface area (Å²) in [6.45, 7) is 1.87. The Morgan fingerprint density at radius 2 is 2.27 bits per heavy atom. The van der Waals surface area contributed by atoms with E-state index in [0.717, 1.165) is 15.7 Å². The van der Waals surface area contributed by atoms with Crippen molar-refractivity contribution in [3.8, 4) is 0 Å². The molecule has 4 heteroatoms. The Labute approximate surface area is 96.6 Å². The van der Waals surface area contributed by atoms with Gasteiger partial charge in [0.05, 0.1) is 5.41 Å². The molecule has 15 heavy (non-hydrogen) atoms. The van der Waals surface area contributed by atoms with Gasteiger partial charge in [0, 0.05) is 16.8 Å². The van der Waals surface area contributed by atoms with Crippen molar-refractivity contribution in [2.75, 3.05) is 11.9 Å². The van der Waals surface area contributed by atoms with Gasteiger partial charge in [-0.3, -0.25) is 4.79 Å². The maximum absolute atomic E-state index is 11.8. The quantitative estimate of drug-likeness (QED) is 0.864. The number of aliphatic hydroxyl groups excluding tert-OH is 1. The van der Waals surface area contributed by atoms with Crippen molar-refractivity contribution in [1.29, 1.82) is 0 Å². The first-order chi connectivity index (χ1) is 7.08. The summed E-state index contributed by atoms with van der Waals surface area (Å²) in [5, 5.41) is 11.8. The molecular formula is C11H12BrNO2. The van der Waals surface area contributed by atoms with Gasteiger partial charge in [-0.2, -0.15) is 0 Å². The number of hydrogen-bond donors (Lipinski definition) is 2. The molecule has 2 rings (SSSR count). The Morgan fingerprint density at radius 1 is 1.53 bits per heavy atom. The minimum Gasteiger partial charge on any atom is -0.396 e. The van der Waals surface area contributed by atoms with Crippen LogP contribution >= 0.6 is 15.9 Å². The van der Waals surface area contributed by atoms with Crippen molar-refractivity contribution in [2.24, 2.45) is 0 Å². The van der Waals surface area contributed by atoms with E-state index in [0.29, 0.717) is 6.42 Å². The number of nitrogens with one attached hydrogen (secondary N) is 1. The third kappa shape index (κ3) is 1.58. The van der Waals surface area contributed by atoms with Gasteiger partial charge in [-0.05, 0) is 31.0 Å². The minimum atomic E-state index is -0.592. The summed E-state index contributed by atoms with van der Waals surface area (Å²) < 4.78 is 0.940. The van der Waals surface area contributed by atoms with Crippen molar-refractivity contribution < 1.29 is 9.90 Å². The highest BCUT2D eigenvalue weighted by Crippen LogP contribution is 2.40. The van der Waals surface area contributed by atoms with E-state index in [1.807, 2.05) is 25.1 Å². The lowest BCUT2D eigenvalue weighted by Crippen LogP contribution is -2.31. The molecule has 1 amide bonds. The van der Waals surface area contributed by atoms with E-state index >= 15 is 0 Å². The summed E-state index contributed by atoms with van der Waals surface area (Å²) >= 11 is 3.36. The molecule has 0 aromatic heterocycles. The topological polar surface area (TPSA) is 49.3 Å². The number of rotatable bonds is 2. The molecule has 1 aromatic rings. The van der Waals surface area contributed by atoms with Crippen LogP contribution in [0.5, 0.6) is 0 Å². The van der Waals surface area contributed by atoms with Gasteiger partial charge >= 0.3 is 0 Å². The van der Waals surface area contributed by atoms with Crippen molar-refractivity contribution in [1.82, 2.24) is 0 Å². The summed E-state index contributed by atoms with van der Waals surface area (Å²) in [7, 11) is 0. The van der Waals surface area contributed by atoms with E-state index < -0.39 is 5.41 Å². The Hall–Kier alpha value is -0.870. The Kier molecular flexibility index (Phi) is 2.56. The molecule has 0 aliphatic carbocycles. The van der Waals surface area contributed by atoms with Gasteiger partial charge in [0.25, 0.3) is 0 Å². The largest absolute Gasteiger partial charge is 0.396 e. The van der Waals surface area contributed by atoms with Gasteiger partial charge in [0.1, 0.15) is 0 Å². The lowest BCUT2D eigenvalue weighted by atomic mass is 9.81. The summed E-state index contributed by atoms with van der Waals surface area (Å²) in [6, 6.07) is 5.72. The van der Waals surface area contributed by atoms with Crippen LogP contribution in [-0.4, -0.2) is 17.6 Å². The van der Waals surface area contributed by atoms with Crippen LogP contribution in [-0.2, 0) is 10.2 Å². The molecule has 0 bridgehead atoms. The van der Waals surface area contributed by atoms with Gasteiger partial charge < -0.3 is 10.4 Å². The standard InChI is InChI=1S/C11H12BrNO2/c1-11(4-5-14)8-3-2-7(12)6-9(8)13-10(11)15/h2-3,6,14H,4-5H2,1H3,(H,13,15). The number of benzene rings is 1. The molecule has 3 nitrogen and oxygen atoms in total. The van der Waals surface area contributed by atoms with Crippen molar-refractivity contribution in [3.05, 3.63) is 28.2 Å². The van der Waals surface area contributed by atoms with Crippen molar-refractivity contribution >= 4 is 27.5 Å². The number of hydrogen-bond acceptors (Lipinski definition) is 2. The van der Waals surface area contributed by atoms with Crippen LogP contribution < -0.4 is 5.32 Å². The van der Waals surface area contributed by atoms with Gasteiger partial charge in [-0.15, -0.1) is 0 Å². The first-order valence-electron chi connectivity index (χ1n) is 4.80. The summed E-state index contributed by atoms with van der Waals surface area (Å²) in [5.74, 6) is -0.0374. The molecule has 1 unspecified atom stereocenters. The smallest absolute Gasteiger partial charge is 0.234 e. The highest BCUT2D eigenvalue weighted by atomic mass is 79.9. The summed E-state index contributed by atoms with van der Waals surface area (Å²) in [4.78, 5) is 11.8. The van der Waals surface area contributed by atoms with Crippen LogP contribution in [0, 0.1) is 0 Å². The monoisotopic (exact) mass is 269 g/mol. The zero-order valence-corrected chi connectivity index (χ0v) is 9.97. The number of aliphatic hydroxyl groups is 1. The van der Waals surface area contributed by atoms with Crippen molar-refractivity contribution in [2.45, 2.75) is 18.8 Å². The average molecular weight is 270 g/mol. The number of carbonyl (C=O) groups is 1. The average Bonchev–Trinajstić information content (AvgIpc) is 2.39. The number of anilines is 1. The fourth-order valence-corrected chi connectivity index (χ4v) is 2.32. The molecule has 2 N–H and O–H groups in total. The van der Waals surface area contributed by atoms with Gasteiger partial charge in [0.2, 0.25) is 5.91 Å². The molecule has 0 saturated heterocycles. The van der Waals surface area contributed by atoms with E-state index in [1.165, 1.54) is 0 Å².